The van der Waals surface area contributed by atoms with Crippen molar-refractivity contribution in [3.05, 3.63) is 39.9 Å². The zero-order valence-electron chi connectivity index (χ0n) is 13.8. The maximum atomic E-state index is 12.5. The summed E-state index contributed by atoms with van der Waals surface area (Å²) in [6.45, 7) is 3.03. The SMILES string of the molecule is CNCC1CCCN1C(=O)C(C)NC(=O)c1cccc([N+](=O)[O-])c1. The lowest BCUT2D eigenvalue weighted by atomic mass is 10.1. The highest BCUT2D eigenvalue weighted by atomic mass is 16.6. The number of hydrogen-bond donors (Lipinski definition) is 2. The summed E-state index contributed by atoms with van der Waals surface area (Å²) in [5, 5.41) is 16.5. The molecule has 8 heteroatoms. The topological polar surface area (TPSA) is 105 Å². The van der Waals surface area contributed by atoms with Crippen LogP contribution in [0.15, 0.2) is 24.3 Å². The van der Waals surface area contributed by atoms with Crippen molar-refractivity contribution in [2.24, 2.45) is 0 Å². The lowest BCUT2D eigenvalue weighted by Gasteiger charge is -2.27. The summed E-state index contributed by atoms with van der Waals surface area (Å²) in [4.78, 5) is 36.8. The van der Waals surface area contributed by atoms with Gasteiger partial charge in [0.15, 0.2) is 0 Å². The van der Waals surface area contributed by atoms with Crippen molar-refractivity contribution in [1.82, 2.24) is 15.5 Å². The van der Waals surface area contributed by atoms with Crippen molar-refractivity contribution >= 4 is 17.5 Å². The van der Waals surface area contributed by atoms with Crippen LogP contribution in [0.4, 0.5) is 5.69 Å². The molecule has 130 valence electrons. The summed E-state index contributed by atoms with van der Waals surface area (Å²) in [6, 6.07) is 4.90. The molecule has 1 aromatic rings. The van der Waals surface area contributed by atoms with Gasteiger partial charge in [0, 0.05) is 36.8 Å². The highest BCUT2D eigenvalue weighted by molar-refractivity contribution is 5.97. The number of carbonyl (C=O) groups excluding carboxylic acids is 2. The van der Waals surface area contributed by atoms with E-state index in [1.165, 1.54) is 24.3 Å². The van der Waals surface area contributed by atoms with Crippen LogP contribution in [-0.2, 0) is 4.79 Å². The molecule has 24 heavy (non-hydrogen) atoms. The Morgan fingerprint density at radius 3 is 2.88 bits per heavy atom. The minimum absolute atomic E-state index is 0.133. The molecule has 1 fully saturated rings. The maximum absolute atomic E-state index is 12.5. The monoisotopic (exact) mass is 334 g/mol. The van der Waals surface area contributed by atoms with Gasteiger partial charge < -0.3 is 15.5 Å². The van der Waals surface area contributed by atoms with E-state index < -0.39 is 16.9 Å². The number of likely N-dealkylation sites (tertiary alicyclic amines) is 1. The normalized spacial score (nSPS) is 18.2. The summed E-state index contributed by atoms with van der Waals surface area (Å²) in [7, 11) is 1.84. The van der Waals surface area contributed by atoms with Crippen molar-refractivity contribution in [1.29, 1.82) is 0 Å². The predicted molar refractivity (Wildman–Crippen MR) is 88.7 cm³/mol. The number of nitro benzene ring substituents is 1. The van der Waals surface area contributed by atoms with E-state index in [1.54, 1.807) is 11.8 Å². The fraction of sp³-hybridized carbons (Fsp3) is 0.500. The van der Waals surface area contributed by atoms with E-state index in [0.717, 1.165) is 19.4 Å². The highest BCUT2D eigenvalue weighted by Gasteiger charge is 2.31. The molecule has 0 bridgehead atoms. The first-order chi connectivity index (χ1) is 11.4. The lowest BCUT2D eigenvalue weighted by Crippen LogP contribution is -2.50. The molecule has 0 aliphatic carbocycles. The molecule has 0 radical (unpaired) electrons. The van der Waals surface area contributed by atoms with Gasteiger partial charge >= 0.3 is 0 Å². The van der Waals surface area contributed by atoms with Gasteiger partial charge in [-0.2, -0.15) is 0 Å². The van der Waals surface area contributed by atoms with E-state index in [-0.39, 0.29) is 23.2 Å². The number of non-ortho nitro benzene ring substituents is 1. The number of likely N-dealkylation sites (N-methyl/N-ethyl adjacent to an activating group) is 1. The Kier molecular flexibility index (Phi) is 5.86. The summed E-state index contributed by atoms with van der Waals surface area (Å²) < 4.78 is 0. The molecule has 2 rings (SSSR count). The number of rotatable bonds is 6. The zero-order valence-corrected chi connectivity index (χ0v) is 13.8. The quantitative estimate of drug-likeness (QED) is 0.595. The zero-order chi connectivity index (χ0) is 17.7. The molecule has 1 aliphatic rings. The fourth-order valence-corrected chi connectivity index (χ4v) is 2.92. The van der Waals surface area contributed by atoms with Crippen LogP contribution in [-0.4, -0.2) is 53.9 Å². The minimum Gasteiger partial charge on any atom is -0.341 e. The average Bonchev–Trinajstić information content (AvgIpc) is 3.02. The van der Waals surface area contributed by atoms with Gasteiger partial charge in [0.25, 0.3) is 11.6 Å². The molecule has 0 aromatic heterocycles. The average molecular weight is 334 g/mol. The molecule has 1 aliphatic heterocycles. The van der Waals surface area contributed by atoms with Crippen molar-refractivity contribution in [3.8, 4) is 0 Å². The molecule has 1 saturated heterocycles. The van der Waals surface area contributed by atoms with Gasteiger partial charge in [0.2, 0.25) is 5.91 Å². The largest absolute Gasteiger partial charge is 0.341 e. The number of nitro groups is 1. The van der Waals surface area contributed by atoms with E-state index in [4.69, 9.17) is 0 Å². The highest BCUT2D eigenvalue weighted by Crippen LogP contribution is 2.18. The van der Waals surface area contributed by atoms with Gasteiger partial charge in [-0.3, -0.25) is 19.7 Å². The third kappa shape index (κ3) is 4.08. The minimum atomic E-state index is -0.686. The summed E-state index contributed by atoms with van der Waals surface area (Å²) >= 11 is 0. The van der Waals surface area contributed by atoms with Crippen LogP contribution in [0.5, 0.6) is 0 Å². The number of amides is 2. The summed E-state index contributed by atoms with van der Waals surface area (Å²) in [5.74, 6) is -0.629. The Morgan fingerprint density at radius 2 is 2.21 bits per heavy atom. The first-order valence-electron chi connectivity index (χ1n) is 7.94. The van der Waals surface area contributed by atoms with Gasteiger partial charge in [0.1, 0.15) is 6.04 Å². The van der Waals surface area contributed by atoms with E-state index >= 15 is 0 Å². The Hall–Kier alpha value is -2.48. The molecule has 2 N–H and O–H groups in total. The first-order valence-corrected chi connectivity index (χ1v) is 7.94. The van der Waals surface area contributed by atoms with Crippen LogP contribution in [0.1, 0.15) is 30.1 Å². The second-order valence-electron chi connectivity index (χ2n) is 5.89. The smallest absolute Gasteiger partial charge is 0.270 e. The Bertz CT molecular complexity index is 634. The van der Waals surface area contributed by atoms with Crippen molar-refractivity contribution in [2.45, 2.75) is 31.8 Å². The van der Waals surface area contributed by atoms with Gasteiger partial charge in [-0.05, 0) is 32.9 Å². The molecular formula is C16H22N4O4. The van der Waals surface area contributed by atoms with Crippen molar-refractivity contribution in [2.75, 3.05) is 20.1 Å². The Balaban J connectivity index is 2.01. The van der Waals surface area contributed by atoms with Gasteiger partial charge in [0.05, 0.1) is 4.92 Å². The van der Waals surface area contributed by atoms with E-state index in [1.807, 2.05) is 7.05 Å². The van der Waals surface area contributed by atoms with Gasteiger partial charge in [-0.15, -0.1) is 0 Å². The van der Waals surface area contributed by atoms with Crippen LogP contribution in [0.2, 0.25) is 0 Å². The van der Waals surface area contributed by atoms with E-state index in [2.05, 4.69) is 10.6 Å². The standard InChI is InChI=1S/C16H22N4O4/c1-11(16(22)19-8-4-7-14(19)10-17-2)18-15(21)12-5-3-6-13(9-12)20(23)24/h3,5-6,9,11,14,17H,4,7-8,10H2,1-2H3,(H,18,21). The molecule has 0 saturated carbocycles. The van der Waals surface area contributed by atoms with Crippen molar-refractivity contribution < 1.29 is 14.5 Å². The maximum Gasteiger partial charge on any atom is 0.270 e. The number of benzene rings is 1. The molecule has 2 unspecified atom stereocenters. The van der Waals surface area contributed by atoms with E-state index in [9.17, 15) is 19.7 Å². The Labute approximate surface area is 140 Å². The third-order valence-corrected chi connectivity index (χ3v) is 4.14. The molecular weight excluding hydrogens is 312 g/mol. The predicted octanol–water partition coefficient (Wildman–Crippen LogP) is 0.924. The summed E-state index contributed by atoms with van der Waals surface area (Å²) in [6.07, 6.45) is 1.89. The van der Waals surface area contributed by atoms with E-state index in [0.29, 0.717) is 6.54 Å². The molecule has 8 nitrogen and oxygen atoms in total. The van der Waals surface area contributed by atoms with Crippen LogP contribution in [0, 0.1) is 10.1 Å². The summed E-state index contributed by atoms with van der Waals surface area (Å²) in [5.41, 5.74) is 0.00676. The van der Waals surface area contributed by atoms with Crippen molar-refractivity contribution in [3.63, 3.8) is 0 Å². The molecule has 1 aromatic carbocycles. The second kappa shape index (κ2) is 7.87. The third-order valence-electron chi connectivity index (χ3n) is 4.14. The number of hydrogen-bond acceptors (Lipinski definition) is 5. The molecule has 2 atom stereocenters. The second-order valence-corrected chi connectivity index (χ2v) is 5.89. The van der Waals surface area contributed by atoms with Crippen LogP contribution >= 0.6 is 0 Å². The molecule has 2 amide bonds. The lowest BCUT2D eigenvalue weighted by molar-refractivity contribution is -0.384. The number of nitrogens with one attached hydrogen (secondary N) is 2. The molecule has 0 spiro atoms. The van der Waals surface area contributed by atoms with Gasteiger partial charge in [-0.25, -0.2) is 0 Å². The van der Waals surface area contributed by atoms with Crippen LogP contribution in [0.3, 0.4) is 0 Å². The van der Waals surface area contributed by atoms with Gasteiger partial charge in [-0.1, -0.05) is 6.07 Å². The Morgan fingerprint density at radius 1 is 1.46 bits per heavy atom. The molecule has 1 heterocycles. The first kappa shape index (κ1) is 17.9. The number of nitrogens with zero attached hydrogens (tertiary/aromatic N) is 2. The van der Waals surface area contributed by atoms with Crippen LogP contribution in [0.25, 0.3) is 0 Å². The number of carbonyl (C=O) groups is 2. The fourth-order valence-electron chi connectivity index (χ4n) is 2.92. The van der Waals surface area contributed by atoms with Crippen LogP contribution < -0.4 is 10.6 Å².